The van der Waals surface area contributed by atoms with Gasteiger partial charge in [0.1, 0.15) is 24.3 Å². The molecule has 246 valence electrons. The molecule has 2 aromatic carbocycles. The molecule has 1 saturated carbocycles. The molecule has 3 aliphatic rings. The average Bonchev–Trinajstić information content (AvgIpc) is 3.43. The van der Waals surface area contributed by atoms with E-state index in [9.17, 15) is 18.3 Å². The van der Waals surface area contributed by atoms with E-state index >= 15 is 0 Å². The molecule has 6 rings (SSSR count). The van der Waals surface area contributed by atoms with Gasteiger partial charge in [-0.05, 0) is 105 Å². The van der Waals surface area contributed by atoms with Crippen LogP contribution in [0.4, 0.5) is 5.69 Å². The fourth-order valence-electron chi connectivity index (χ4n) is 6.99. The molecule has 0 spiro atoms. The van der Waals surface area contributed by atoms with E-state index in [1.54, 1.807) is 42.9 Å². The lowest BCUT2D eigenvalue weighted by Crippen LogP contribution is -2.49. The Hall–Kier alpha value is -3.41. The van der Waals surface area contributed by atoms with Crippen molar-refractivity contribution < 1.29 is 23.1 Å². The molecule has 12 heteroatoms. The first kappa shape index (κ1) is 32.5. The predicted octanol–water partition coefficient (Wildman–Crippen LogP) is 5.15. The van der Waals surface area contributed by atoms with Crippen molar-refractivity contribution in [2.45, 2.75) is 69.8 Å². The number of ether oxygens (including phenoxy) is 1. The second-order valence-electron chi connectivity index (χ2n) is 13.1. The summed E-state index contributed by atoms with van der Waals surface area (Å²) in [7, 11) is -2.23. The summed E-state index contributed by atoms with van der Waals surface area (Å²) < 4.78 is 37.1. The lowest BCUT2D eigenvalue weighted by molar-refractivity contribution is -0.0581. The third-order valence-electron chi connectivity index (χ3n) is 10.2. The molecule has 3 heterocycles. The third kappa shape index (κ3) is 6.41. The zero-order valence-electron chi connectivity index (χ0n) is 26.5. The molecule has 2 bridgehead atoms. The Morgan fingerprint density at radius 2 is 1.93 bits per heavy atom. The Kier molecular flexibility index (Phi) is 9.20. The van der Waals surface area contributed by atoms with Gasteiger partial charge in [-0.1, -0.05) is 30.7 Å². The van der Waals surface area contributed by atoms with Gasteiger partial charge >= 0.3 is 0 Å². The van der Waals surface area contributed by atoms with E-state index < -0.39 is 26.8 Å². The average molecular weight is 668 g/mol. The summed E-state index contributed by atoms with van der Waals surface area (Å²) in [6.07, 6.45) is 9.83. The molecule has 1 aromatic heterocycles. The largest absolute Gasteiger partial charge is 0.487 e. The maximum absolute atomic E-state index is 13.4. The van der Waals surface area contributed by atoms with Gasteiger partial charge in [0.25, 0.3) is 5.91 Å². The zero-order valence-corrected chi connectivity index (χ0v) is 28.1. The molecular weight excluding hydrogens is 626 g/mol. The third-order valence-corrected chi connectivity index (χ3v) is 12.3. The molecule has 0 unspecified atom stereocenters. The van der Waals surface area contributed by atoms with Gasteiger partial charge in [0.2, 0.25) is 10.0 Å². The summed E-state index contributed by atoms with van der Waals surface area (Å²) >= 11 is 6.34. The molecule has 0 saturated heterocycles. The molecule has 1 amide bonds. The fourth-order valence-corrected chi connectivity index (χ4v) is 8.47. The van der Waals surface area contributed by atoms with Gasteiger partial charge in [-0.2, -0.15) is 5.10 Å². The van der Waals surface area contributed by atoms with Crippen molar-refractivity contribution in [1.82, 2.24) is 19.5 Å². The van der Waals surface area contributed by atoms with E-state index in [-0.39, 0.29) is 23.3 Å². The summed E-state index contributed by atoms with van der Waals surface area (Å²) in [4.78, 5) is 20.1. The van der Waals surface area contributed by atoms with Gasteiger partial charge < -0.3 is 14.7 Å². The number of benzene rings is 2. The molecule has 10 nitrogen and oxygen atoms in total. The van der Waals surface area contributed by atoms with E-state index in [0.717, 1.165) is 48.9 Å². The quantitative estimate of drug-likeness (QED) is 0.342. The highest BCUT2D eigenvalue weighted by atomic mass is 35.5. The van der Waals surface area contributed by atoms with Crippen LogP contribution in [0.25, 0.3) is 0 Å². The van der Waals surface area contributed by atoms with Crippen LogP contribution in [0.2, 0.25) is 5.02 Å². The van der Waals surface area contributed by atoms with Crippen molar-refractivity contribution in [2.24, 2.45) is 24.8 Å². The summed E-state index contributed by atoms with van der Waals surface area (Å²) in [5.41, 5.74) is 1.77. The number of allylic oxidation sites excluding steroid dienone is 1. The highest BCUT2D eigenvalue weighted by molar-refractivity contribution is 7.90. The number of nitrogens with zero attached hydrogens (tertiary/aromatic N) is 4. The Bertz CT molecular complexity index is 1740. The Labute approximate surface area is 275 Å². The fraction of sp³-hybridized carbons (Fsp3) is 0.500. The number of amides is 1. The number of hydrogen-bond donors (Lipinski definition) is 2. The lowest BCUT2D eigenvalue weighted by Gasteiger charge is -2.47. The minimum atomic E-state index is -4.00. The topological polar surface area (TPSA) is 127 Å². The number of fused-ring (bicyclic) bond motifs is 3. The van der Waals surface area contributed by atoms with Crippen LogP contribution < -0.4 is 14.4 Å². The Balaban J connectivity index is 1.44. The first-order valence-corrected chi connectivity index (χ1v) is 18.0. The standard InChI is InChI=1S/C34H42ClN5O5S/c1-22-7-6-15-34(42,33-36-21-37-39(33)3)29-13-10-26(29)19-40-16-5-4-8-24-17-28(35)12-9-27(24)20-45-31-14-11-25(18-30(31)40)32(41)38-46(43,44)23(22)2/h6,9,11-12,14-15,17-18,21-23,26,29,42H,4-5,7-8,10,13,16,19-20H2,1-3H3,(H,38,41)/b15-6+/t22-,23+,26-,29+,34+/m0/s1. The van der Waals surface area contributed by atoms with Crippen molar-refractivity contribution in [3.63, 3.8) is 0 Å². The second-order valence-corrected chi connectivity index (χ2v) is 15.5. The van der Waals surface area contributed by atoms with E-state index in [1.165, 1.54) is 6.33 Å². The number of nitrogens with one attached hydrogen (secondary N) is 1. The maximum atomic E-state index is 13.4. The minimum Gasteiger partial charge on any atom is -0.487 e. The van der Waals surface area contributed by atoms with Crippen LogP contribution in [0.15, 0.2) is 54.9 Å². The molecule has 5 atom stereocenters. The van der Waals surface area contributed by atoms with Crippen LogP contribution in [-0.4, -0.2) is 52.5 Å². The van der Waals surface area contributed by atoms with E-state index in [4.69, 9.17) is 16.3 Å². The van der Waals surface area contributed by atoms with Crippen molar-refractivity contribution in [2.75, 3.05) is 18.0 Å². The first-order chi connectivity index (χ1) is 22.0. The normalized spacial score (nSPS) is 29.2. The number of aliphatic hydroxyl groups is 1. The van der Waals surface area contributed by atoms with Crippen molar-refractivity contribution in [1.29, 1.82) is 0 Å². The van der Waals surface area contributed by atoms with Crippen molar-refractivity contribution in [3.8, 4) is 5.75 Å². The number of sulfonamides is 1. The van der Waals surface area contributed by atoms with Gasteiger partial charge in [-0.3, -0.25) is 9.48 Å². The summed E-state index contributed by atoms with van der Waals surface area (Å²) in [6.45, 7) is 5.06. The van der Waals surface area contributed by atoms with Crippen LogP contribution in [-0.2, 0) is 35.7 Å². The number of anilines is 1. The Morgan fingerprint density at radius 1 is 1.11 bits per heavy atom. The van der Waals surface area contributed by atoms with Crippen molar-refractivity contribution in [3.05, 3.63) is 82.4 Å². The van der Waals surface area contributed by atoms with Crippen LogP contribution in [0.1, 0.15) is 73.3 Å². The zero-order chi connectivity index (χ0) is 32.6. The molecule has 2 aliphatic heterocycles. The van der Waals surface area contributed by atoms with Crippen LogP contribution >= 0.6 is 11.6 Å². The molecule has 1 aliphatic carbocycles. The summed E-state index contributed by atoms with van der Waals surface area (Å²) in [5, 5.41) is 16.5. The maximum Gasteiger partial charge on any atom is 0.264 e. The number of carbonyl (C=O) groups excluding carboxylic acids is 1. The van der Waals surface area contributed by atoms with Gasteiger partial charge in [-0.25, -0.2) is 18.1 Å². The number of aromatic nitrogens is 3. The number of carbonyl (C=O) groups is 1. The number of rotatable bonds is 1. The van der Waals surface area contributed by atoms with Gasteiger partial charge in [-0.15, -0.1) is 0 Å². The number of aryl methyl sites for hydroxylation is 2. The van der Waals surface area contributed by atoms with Crippen LogP contribution in [0.3, 0.4) is 0 Å². The lowest BCUT2D eigenvalue weighted by atomic mass is 9.64. The number of halogens is 1. The summed E-state index contributed by atoms with van der Waals surface area (Å²) in [6, 6.07) is 11.0. The Morgan fingerprint density at radius 3 is 2.67 bits per heavy atom. The molecular formula is C34H42ClN5O5S. The predicted molar refractivity (Wildman–Crippen MR) is 177 cm³/mol. The summed E-state index contributed by atoms with van der Waals surface area (Å²) in [5.74, 6) is 0.0324. The molecule has 2 N–H and O–H groups in total. The highest BCUT2D eigenvalue weighted by Crippen LogP contribution is 2.48. The van der Waals surface area contributed by atoms with E-state index in [1.807, 2.05) is 31.2 Å². The molecule has 3 aromatic rings. The van der Waals surface area contributed by atoms with Gasteiger partial charge in [0.05, 0.1) is 10.9 Å². The number of hydrogen-bond acceptors (Lipinski definition) is 8. The van der Waals surface area contributed by atoms with Gasteiger partial charge in [0, 0.05) is 36.6 Å². The van der Waals surface area contributed by atoms with E-state index in [2.05, 4.69) is 19.7 Å². The van der Waals surface area contributed by atoms with E-state index in [0.29, 0.717) is 42.7 Å². The first-order valence-electron chi connectivity index (χ1n) is 16.1. The van der Waals surface area contributed by atoms with Gasteiger partial charge in [0.15, 0.2) is 5.82 Å². The molecule has 46 heavy (non-hydrogen) atoms. The monoisotopic (exact) mass is 667 g/mol. The minimum absolute atomic E-state index is 0.113. The smallest absolute Gasteiger partial charge is 0.264 e. The molecule has 1 fully saturated rings. The van der Waals surface area contributed by atoms with Crippen molar-refractivity contribution >= 4 is 33.2 Å². The second kappa shape index (κ2) is 13.0. The molecule has 0 radical (unpaired) electrons. The van der Waals surface area contributed by atoms with Crippen LogP contribution in [0, 0.1) is 17.8 Å². The highest BCUT2D eigenvalue weighted by Gasteiger charge is 2.49. The SMILES string of the molecule is C[C@@H]1[C@@H](C)C/C=C/[C@](O)(c2ncnn2C)[C@@H]2CC[C@H]2CN2CCCCc3cc(Cl)ccc3COc3ccc(cc32)C(=O)NS1(=O)=O. The van der Waals surface area contributed by atoms with Crippen LogP contribution in [0.5, 0.6) is 5.75 Å².